The molecule has 0 aliphatic carbocycles. The molecule has 0 aliphatic heterocycles. The van der Waals surface area contributed by atoms with Gasteiger partial charge in [0.1, 0.15) is 10.8 Å². The van der Waals surface area contributed by atoms with E-state index in [0.29, 0.717) is 12.4 Å². The number of ether oxygens (including phenoxy) is 2. The van der Waals surface area contributed by atoms with E-state index in [1.807, 2.05) is 48.5 Å². The van der Waals surface area contributed by atoms with Crippen molar-refractivity contribution in [2.45, 2.75) is 6.92 Å². The molecule has 0 radical (unpaired) electrons. The third-order valence-electron chi connectivity index (χ3n) is 4.94. The first-order valence-corrected chi connectivity index (χ1v) is 11.7. The van der Waals surface area contributed by atoms with Gasteiger partial charge in [-0.3, -0.25) is 9.78 Å². The van der Waals surface area contributed by atoms with Crippen LogP contribution in [0.1, 0.15) is 12.5 Å². The molecule has 0 unspecified atom stereocenters. The Bertz CT molecular complexity index is 1330. The van der Waals surface area contributed by atoms with E-state index >= 15 is 0 Å². The summed E-state index contributed by atoms with van der Waals surface area (Å²) in [5.41, 5.74) is 9.72. The average molecular weight is 486 g/mol. The fourth-order valence-electron chi connectivity index (χ4n) is 3.30. The Kier molecular flexibility index (Phi) is 7.64. The predicted octanol–water partition coefficient (Wildman–Crippen LogP) is 4.98. The van der Waals surface area contributed by atoms with Gasteiger partial charge in [-0.2, -0.15) is 0 Å². The first-order chi connectivity index (χ1) is 17.0. The predicted molar refractivity (Wildman–Crippen MR) is 137 cm³/mol. The van der Waals surface area contributed by atoms with E-state index in [0.717, 1.165) is 37.8 Å². The smallest absolute Gasteiger partial charge is 0.344 e. The molecule has 0 saturated carbocycles. The number of hydrogen-bond donors (Lipinski definition) is 1. The molecule has 0 spiro atoms. The van der Waals surface area contributed by atoms with E-state index in [9.17, 15) is 9.59 Å². The molecule has 4 rings (SSSR count). The SMILES string of the molecule is CCOC(=O)COc1ccc(-c2nc(-c3cccnc3)sc2-c2ccc(/C=C/C(N)=O)cc2)cc1. The highest BCUT2D eigenvalue weighted by atomic mass is 32.1. The third-order valence-corrected chi connectivity index (χ3v) is 6.09. The summed E-state index contributed by atoms with van der Waals surface area (Å²) in [5.74, 6) is -0.333. The molecule has 0 fully saturated rings. The largest absolute Gasteiger partial charge is 0.482 e. The minimum Gasteiger partial charge on any atom is -0.482 e. The van der Waals surface area contributed by atoms with E-state index in [1.54, 1.807) is 48.9 Å². The van der Waals surface area contributed by atoms with Crippen LogP contribution in [0.2, 0.25) is 0 Å². The van der Waals surface area contributed by atoms with Gasteiger partial charge in [0.25, 0.3) is 0 Å². The maximum Gasteiger partial charge on any atom is 0.344 e. The molecule has 0 aliphatic rings. The Labute approximate surface area is 206 Å². The monoisotopic (exact) mass is 485 g/mol. The summed E-state index contributed by atoms with van der Waals surface area (Å²) in [7, 11) is 0. The van der Waals surface area contributed by atoms with Gasteiger partial charge in [0, 0.05) is 29.6 Å². The van der Waals surface area contributed by atoms with Crippen LogP contribution in [0.3, 0.4) is 0 Å². The highest BCUT2D eigenvalue weighted by molar-refractivity contribution is 7.19. The normalized spacial score (nSPS) is 10.9. The summed E-state index contributed by atoms with van der Waals surface area (Å²) in [6, 6.07) is 19.1. The molecule has 0 bridgehead atoms. The van der Waals surface area contributed by atoms with Crippen LogP contribution in [-0.4, -0.2) is 35.1 Å². The Morgan fingerprint density at radius 1 is 1.00 bits per heavy atom. The highest BCUT2D eigenvalue weighted by Gasteiger charge is 2.16. The number of esters is 1. The summed E-state index contributed by atoms with van der Waals surface area (Å²) in [6.07, 6.45) is 6.53. The van der Waals surface area contributed by atoms with E-state index < -0.39 is 11.9 Å². The maximum atomic E-state index is 11.6. The van der Waals surface area contributed by atoms with Crippen molar-refractivity contribution in [3.05, 3.63) is 84.7 Å². The van der Waals surface area contributed by atoms with Crippen molar-refractivity contribution in [2.24, 2.45) is 5.73 Å². The van der Waals surface area contributed by atoms with Gasteiger partial charge in [0.05, 0.1) is 17.2 Å². The highest BCUT2D eigenvalue weighted by Crippen LogP contribution is 2.40. The summed E-state index contributed by atoms with van der Waals surface area (Å²) in [4.78, 5) is 32.7. The lowest BCUT2D eigenvalue weighted by Crippen LogP contribution is -2.14. The van der Waals surface area contributed by atoms with Gasteiger partial charge in [0.2, 0.25) is 5.91 Å². The number of amides is 1. The Hall–Kier alpha value is -4.30. The van der Waals surface area contributed by atoms with Crippen LogP contribution >= 0.6 is 11.3 Å². The zero-order valence-electron chi connectivity index (χ0n) is 19.0. The van der Waals surface area contributed by atoms with Gasteiger partial charge in [-0.05, 0) is 60.5 Å². The summed E-state index contributed by atoms with van der Waals surface area (Å²) < 4.78 is 10.4. The Morgan fingerprint density at radius 2 is 1.74 bits per heavy atom. The molecule has 7 nitrogen and oxygen atoms in total. The number of nitrogens with zero attached hydrogens (tertiary/aromatic N) is 2. The molecular weight excluding hydrogens is 462 g/mol. The topological polar surface area (TPSA) is 104 Å². The standard InChI is InChI=1S/C27H23N3O4S/c1-2-33-24(32)17-34-22-12-10-19(11-13-22)25-26(35-27(30-25)21-4-3-15-29-16-21)20-8-5-18(6-9-20)7-14-23(28)31/h3-16H,2,17H2,1H3,(H2,28,31)/b14-7+. The van der Waals surface area contributed by atoms with E-state index in [-0.39, 0.29) is 6.61 Å². The zero-order valence-corrected chi connectivity index (χ0v) is 19.8. The van der Waals surface area contributed by atoms with Gasteiger partial charge < -0.3 is 15.2 Å². The average Bonchev–Trinajstić information content (AvgIpc) is 3.33. The molecule has 2 aromatic heterocycles. The maximum absolute atomic E-state index is 11.6. The van der Waals surface area contributed by atoms with Crippen LogP contribution in [0.25, 0.3) is 38.3 Å². The molecule has 4 aromatic rings. The van der Waals surface area contributed by atoms with Crippen molar-refractivity contribution in [3.8, 4) is 38.0 Å². The second-order valence-electron chi connectivity index (χ2n) is 7.41. The minimum atomic E-state index is -0.491. The summed E-state index contributed by atoms with van der Waals surface area (Å²) in [5, 5.41) is 0.850. The van der Waals surface area contributed by atoms with Crippen LogP contribution in [0, 0.1) is 0 Å². The van der Waals surface area contributed by atoms with Crippen molar-refractivity contribution >= 4 is 29.3 Å². The Balaban J connectivity index is 1.66. The third kappa shape index (κ3) is 6.18. The zero-order chi connectivity index (χ0) is 24.6. The minimum absolute atomic E-state index is 0.142. The van der Waals surface area contributed by atoms with E-state index in [2.05, 4.69) is 4.98 Å². The fraction of sp³-hybridized carbons (Fsp3) is 0.111. The molecule has 0 atom stereocenters. The number of primary amides is 1. The molecule has 35 heavy (non-hydrogen) atoms. The first-order valence-electron chi connectivity index (χ1n) is 10.9. The number of nitrogens with two attached hydrogens (primary N) is 1. The molecule has 1 amide bonds. The van der Waals surface area contributed by atoms with Crippen LogP contribution in [-0.2, 0) is 14.3 Å². The summed E-state index contributed by atoms with van der Waals surface area (Å²) >= 11 is 1.57. The number of rotatable bonds is 9. The van der Waals surface area contributed by atoms with Crippen molar-refractivity contribution < 1.29 is 19.1 Å². The van der Waals surface area contributed by atoms with Gasteiger partial charge in [0.15, 0.2) is 6.61 Å². The second kappa shape index (κ2) is 11.2. The lowest BCUT2D eigenvalue weighted by molar-refractivity contribution is -0.145. The molecule has 2 aromatic carbocycles. The summed E-state index contributed by atoms with van der Waals surface area (Å²) in [6.45, 7) is 1.93. The number of pyridine rings is 1. The molecule has 176 valence electrons. The van der Waals surface area contributed by atoms with Crippen LogP contribution in [0.15, 0.2) is 79.1 Å². The first kappa shape index (κ1) is 23.8. The molecule has 0 saturated heterocycles. The number of carbonyl (C=O) groups excluding carboxylic acids is 2. The number of thiazole rings is 1. The van der Waals surface area contributed by atoms with Gasteiger partial charge in [-0.1, -0.05) is 24.3 Å². The van der Waals surface area contributed by atoms with Crippen molar-refractivity contribution in [3.63, 3.8) is 0 Å². The van der Waals surface area contributed by atoms with Crippen LogP contribution < -0.4 is 10.5 Å². The number of hydrogen-bond acceptors (Lipinski definition) is 7. The molecule has 2 N–H and O–H groups in total. The molecular formula is C27H23N3O4S. The lowest BCUT2D eigenvalue weighted by atomic mass is 10.0. The van der Waals surface area contributed by atoms with Gasteiger partial charge >= 0.3 is 5.97 Å². The quantitative estimate of drug-likeness (QED) is 0.265. The van der Waals surface area contributed by atoms with Gasteiger partial charge in [-0.25, -0.2) is 9.78 Å². The molecule has 2 heterocycles. The molecule has 8 heteroatoms. The van der Waals surface area contributed by atoms with Crippen molar-refractivity contribution in [1.82, 2.24) is 9.97 Å². The van der Waals surface area contributed by atoms with E-state index in [4.69, 9.17) is 20.2 Å². The van der Waals surface area contributed by atoms with Crippen molar-refractivity contribution in [1.29, 1.82) is 0 Å². The Morgan fingerprint density at radius 3 is 2.40 bits per heavy atom. The van der Waals surface area contributed by atoms with Crippen molar-refractivity contribution in [2.75, 3.05) is 13.2 Å². The number of carbonyl (C=O) groups is 2. The van der Waals surface area contributed by atoms with Crippen LogP contribution in [0.5, 0.6) is 5.75 Å². The number of aromatic nitrogens is 2. The number of benzene rings is 2. The van der Waals surface area contributed by atoms with Crippen LogP contribution in [0.4, 0.5) is 0 Å². The van der Waals surface area contributed by atoms with E-state index in [1.165, 1.54) is 6.08 Å². The van der Waals surface area contributed by atoms with Gasteiger partial charge in [-0.15, -0.1) is 11.3 Å². The second-order valence-corrected chi connectivity index (χ2v) is 8.41. The fourth-order valence-corrected chi connectivity index (χ4v) is 4.39. The lowest BCUT2D eigenvalue weighted by Gasteiger charge is -2.07.